The van der Waals surface area contributed by atoms with Gasteiger partial charge in [0.25, 0.3) is 0 Å². The Morgan fingerprint density at radius 3 is 2.13 bits per heavy atom. The second kappa shape index (κ2) is 10.9. The first kappa shape index (κ1) is 23.4. The van der Waals surface area contributed by atoms with Crippen molar-refractivity contribution in [3.05, 3.63) is 59.7 Å². The van der Waals surface area contributed by atoms with E-state index in [0.717, 1.165) is 20.3 Å². The third-order valence-electron chi connectivity index (χ3n) is 5.23. The first-order valence-electron chi connectivity index (χ1n) is 9.70. The van der Waals surface area contributed by atoms with Gasteiger partial charge in [0.1, 0.15) is 22.4 Å². The minimum Gasteiger partial charge on any atom is -0.448 e. The predicted molar refractivity (Wildman–Crippen MR) is 128 cm³/mol. The number of carbonyl (C=O) groups excluding carboxylic acids is 3. The van der Waals surface area contributed by atoms with Crippen molar-refractivity contribution in [1.29, 1.82) is 0 Å². The zero-order chi connectivity index (χ0) is 22.4. The lowest BCUT2D eigenvalue weighted by Crippen LogP contribution is -2.36. The molecule has 0 saturated carbocycles. The summed E-state index contributed by atoms with van der Waals surface area (Å²) in [5.74, 6) is -0.770. The molecule has 0 aromatic heterocycles. The second-order valence-electron chi connectivity index (χ2n) is 7.24. The molecule has 0 spiro atoms. The Hall–Kier alpha value is -2.27. The van der Waals surface area contributed by atoms with Crippen LogP contribution in [0.5, 0.6) is 0 Å². The highest BCUT2D eigenvalue weighted by molar-refractivity contribution is 14.2. The highest BCUT2D eigenvalue weighted by Gasteiger charge is 2.29. The molecule has 0 atom stereocenters. The van der Waals surface area contributed by atoms with Gasteiger partial charge in [0, 0.05) is 54.2 Å². The van der Waals surface area contributed by atoms with E-state index in [1.54, 1.807) is 7.05 Å². The van der Waals surface area contributed by atoms with Crippen molar-refractivity contribution in [2.75, 3.05) is 33.8 Å². The largest absolute Gasteiger partial charge is 0.448 e. The van der Waals surface area contributed by atoms with Crippen LogP contribution in [0.1, 0.15) is 23.5 Å². The van der Waals surface area contributed by atoms with Crippen molar-refractivity contribution in [3.63, 3.8) is 0 Å². The summed E-state index contributed by atoms with van der Waals surface area (Å²) >= 11 is 1.83. The number of fused-ring (bicyclic) bond motifs is 3. The van der Waals surface area contributed by atoms with E-state index in [9.17, 15) is 14.4 Å². The third kappa shape index (κ3) is 5.70. The van der Waals surface area contributed by atoms with Gasteiger partial charge in [0.05, 0.1) is 0 Å². The van der Waals surface area contributed by atoms with Crippen LogP contribution in [0.3, 0.4) is 0 Å². The van der Waals surface area contributed by atoms with E-state index in [1.807, 2.05) is 45.5 Å². The molecule has 3 rings (SSSR count). The van der Waals surface area contributed by atoms with E-state index in [4.69, 9.17) is 8.92 Å². The van der Waals surface area contributed by atoms with Crippen molar-refractivity contribution >= 4 is 48.4 Å². The van der Waals surface area contributed by atoms with Crippen molar-refractivity contribution < 1.29 is 23.3 Å². The number of hydrogen-bond donors (Lipinski definition) is 0. The summed E-state index contributed by atoms with van der Waals surface area (Å²) in [7, 11) is 4.02. The Morgan fingerprint density at radius 2 is 1.55 bits per heavy atom. The summed E-state index contributed by atoms with van der Waals surface area (Å²) in [6, 6.07) is 16.3. The molecule has 1 aliphatic carbocycles. The lowest BCUT2D eigenvalue weighted by Gasteiger charge is -2.21. The fraction of sp³-hybridized carbons (Fsp3) is 0.318. The SMILES string of the molecule is CN(CC(=O)OSI)C(=O)CCN(C)C(=O)OCC1c2ccccc2-c2ccccc21. The highest BCUT2D eigenvalue weighted by atomic mass is 127. The first-order valence-corrected chi connectivity index (χ1v) is 13.0. The molecule has 0 saturated heterocycles. The van der Waals surface area contributed by atoms with Crippen LogP contribution in [0.4, 0.5) is 4.79 Å². The van der Waals surface area contributed by atoms with Crippen molar-refractivity contribution in [2.24, 2.45) is 0 Å². The topological polar surface area (TPSA) is 76.2 Å². The maximum Gasteiger partial charge on any atom is 0.409 e. The normalized spacial score (nSPS) is 12.0. The molecule has 0 aliphatic heterocycles. The van der Waals surface area contributed by atoms with Crippen LogP contribution in [0.2, 0.25) is 0 Å². The summed E-state index contributed by atoms with van der Waals surface area (Å²) < 4.78 is 10.3. The van der Waals surface area contributed by atoms with Gasteiger partial charge >= 0.3 is 12.1 Å². The van der Waals surface area contributed by atoms with Crippen molar-refractivity contribution in [3.8, 4) is 11.1 Å². The fourth-order valence-electron chi connectivity index (χ4n) is 3.59. The molecule has 0 N–H and O–H groups in total. The van der Waals surface area contributed by atoms with E-state index in [0.29, 0.717) is 0 Å². The summed E-state index contributed by atoms with van der Waals surface area (Å²) in [5.41, 5.74) is 4.63. The molecule has 0 fully saturated rings. The average Bonchev–Trinajstić information content (AvgIpc) is 3.09. The van der Waals surface area contributed by atoms with Crippen molar-refractivity contribution in [1.82, 2.24) is 9.80 Å². The Bertz CT molecular complexity index is 925. The van der Waals surface area contributed by atoms with Crippen LogP contribution in [0.15, 0.2) is 48.5 Å². The van der Waals surface area contributed by atoms with E-state index < -0.39 is 12.1 Å². The summed E-state index contributed by atoms with van der Waals surface area (Å²) in [6.45, 7) is 0.282. The van der Waals surface area contributed by atoms with Crippen LogP contribution in [0, 0.1) is 0 Å². The molecule has 2 aromatic carbocycles. The molecule has 0 radical (unpaired) electrons. The van der Waals surface area contributed by atoms with Gasteiger partial charge in [0.15, 0.2) is 0 Å². The molecule has 0 heterocycles. The number of halogens is 1. The third-order valence-corrected chi connectivity index (χ3v) is 6.01. The van der Waals surface area contributed by atoms with Gasteiger partial charge in [-0.1, -0.05) is 48.5 Å². The van der Waals surface area contributed by atoms with Crippen LogP contribution >= 0.6 is 30.4 Å². The predicted octanol–water partition coefficient (Wildman–Crippen LogP) is 4.26. The van der Waals surface area contributed by atoms with Gasteiger partial charge in [-0.25, -0.2) is 9.59 Å². The number of amides is 2. The maximum absolute atomic E-state index is 12.5. The Kier molecular flexibility index (Phi) is 8.19. The van der Waals surface area contributed by atoms with E-state index in [-0.39, 0.29) is 37.9 Å². The molecule has 2 aromatic rings. The summed E-state index contributed by atoms with van der Waals surface area (Å²) in [4.78, 5) is 38.8. The number of rotatable bonds is 8. The molecule has 2 amide bonds. The maximum atomic E-state index is 12.5. The fourth-order valence-corrected chi connectivity index (χ4v) is 4.32. The number of hydrogen-bond acceptors (Lipinski definition) is 6. The van der Waals surface area contributed by atoms with E-state index >= 15 is 0 Å². The number of benzene rings is 2. The Labute approximate surface area is 197 Å². The molecule has 31 heavy (non-hydrogen) atoms. The van der Waals surface area contributed by atoms with E-state index in [2.05, 4.69) is 24.3 Å². The van der Waals surface area contributed by atoms with Crippen LogP contribution in [-0.4, -0.2) is 61.6 Å². The molecular weight excluding hydrogens is 531 g/mol. The van der Waals surface area contributed by atoms with Gasteiger partial charge < -0.3 is 18.7 Å². The Balaban J connectivity index is 1.52. The van der Waals surface area contributed by atoms with Crippen LogP contribution in [-0.2, 0) is 18.5 Å². The van der Waals surface area contributed by atoms with E-state index in [1.165, 1.54) is 28.0 Å². The van der Waals surface area contributed by atoms with Gasteiger partial charge in [-0.2, -0.15) is 0 Å². The van der Waals surface area contributed by atoms with Crippen LogP contribution < -0.4 is 0 Å². The zero-order valence-corrected chi connectivity index (χ0v) is 20.2. The van der Waals surface area contributed by atoms with Gasteiger partial charge in [-0.3, -0.25) is 4.79 Å². The highest BCUT2D eigenvalue weighted by Crippen LogP contribution is 2.44. The minimum atomic E-state index is -0.500. The number of likely N-dealkylation sites (N-methyl/N-ethyl adjacent to an activating group) is 1. The molecule has 0 bridgehead atoms. The standard InChI is InChI=1S/C22H23IN2O5S/c1-24(12-11-20(26)25(2)13-21(27)30-31-23)22(28)29-14-19-17-9-5-3-7-15(17)16-8-4-6-10-18(16)19/h3-10,19H,11-14H2,1-2H3. The Morgan fingerprint density at radius 1 is 0.968 bits per heavy atom. The zero-order valence-electron chi connectivity index (χ0n) is 17.2. The molecule has 0 unspecified atom stereocenters. The number of ether oxygens (including phenoxy) is 1. The molecule has 7 nitrogen and oxygen atoms in total. The second-order valence-corrected chi connectivity index (χ2v) is 8.62. The van der Waals surface area contributed by atoms with Gasteiger partial charge in [0.2, 0.25) is 5.91 Å². The molecule has 1 aliphatic rings. The summed E-state index contributed by atoms with van der Waals surface area (Å²) in [6.07, 6.45) is -0.403. The number of nitrogens with zero attached hydrogens (tertiary/aromatic N) is 2. The van der Waals surface area contributed by atoms with Gasteiger partial charge in [-0.15, -0.1) is 0 Å². The first-order chi connectivity index (χ1) is 14.9. The number of carbonyl (C=O) groups is 3. The lowest BCUT2D eigenvalue weighted by atomic mass is 9.98. The minimum absolute atomic E-state index is 0.0145. The van der Waals surface area contributed by atoms with Crippen LogP contribution in [0.25, 0.3) is 11.1 Å². The average molecular weight is 554 g/mol. The smallest absolute Gasteiger partial charge is 0.409 e. The monoisotopic (exact) mass is 554 g/mol. The summed E-state index contributed by atoms with van der Waals surface area (Å²) in [5, 5.41) is 0. The van der Waals surface area contributed by atoms with Gasteiger partial charge in [-0.05, 0) is 22.3 Å². The van der Waals surface area contributed by atoms with Crippen molar-refractivity contribution in [2.45, 2.75) is 12.3 Å². The molecule has 9 heteroatoms. The quantitative estimate of drug-likeness (QED) is 0.359. The lowest BCUT2D eigenvalue weighted by molar-refractivity contribution is -0.140. The molecular formula is C22H23IN2O5S. The molecule has 164 valence electrons.